The molecule has 2 aromatic rings. The van der Waals surface area contributed by atoms with Gasteiger partial charge in [0.05, 0.1) is 13.3 Å². The Balaban J connectivity index is 2.10. The molecule has 0 unspecified atom stereocenters. The summed E-state index contributed by atoms with van der Waals surface area (Å²) in [5, 5.41) is 2.35. The van der Waals surface area contributed by atoms with Crippen LogP contribution in [0.2, 0.25) is 0 Å². The number of rotatable bonds is 3. The summed E-state index contributed by atoms with van der Waals surface area (Å²) in [6, 6.07) is 3.18. The predicted octanol–water partition coefficient (Wildman–Crippen LogP) is 2.12. The first-order valence-electron chi connectivity index (χ1n) is 4.41. The van der Waals surface area contributed by atoms with Crippen LogP contribution in [0, 0.1) is 0 Å². The summed E-state index contributed by atoms with van der Waals surface area (Å²) in [5.41, 5.74) is 0.244. The van der Waals surface area contributed by atoms with E-state index in [1.54, 1.807) is 12.3 Å². The van der Waals surface area contributed by atoms with Gasteiger partial charge in [-0.05, 0) is 12.1 Å². The quantitative estimate of drug-likeness (QED) is 0.764. The number of pyridine rings is 1. The topological polar surface area (TPSA) is 61.3 Å². The van der Waals surface area contributed by atoms with Crippen molar-refractivity contribution < 1.29 is 14.3 Å². The number of methoxy groups -OCH3 is 1. The normalized spacial score (nSPS) is 9.81. The van der Waals surface area contributed by atoms with Crippen molar-refractivity contribution >= 4 is 17.3 Å². The van der Waals surface area contributed by atoms with Crippen LogP contribution >= 0.6 is 11.3 Å². The average Bonchev–Trinajstić information content (AvgIpc) is 2.82. The van der Waals surface area contributed by atoms with Gasteiger partial charge in [-0.25, -0.2) is 14.8 Å². The average molecular weight is 236 g/mol. The first-order valence-corrected chi connectivity index (χ1v) is 5.29. The van der Waals surface area contributed by atoms with E-state index in [1.807, 2.05) is 5.38 Å². The molecule has 2 aromatic heterocycles. The lowest BCUT2D eigenvalue weighted by Crippen LogP contribution is -2.03. The van der Waals surface area contributed by atoms with Crippen LogP contribution in [0.15, 0.2) is 29.9 Å². The smallest absolute Gasteiger partial charge is 0.356 e. The summed E-state index contributed by atoms with van der Waals surface area (Å²) in [6.07, 6.45) is 3.10. The van der Waals surface area contributed by atoms with Crippen LogP contribution in [0.4, 0.5) is 0 Å². The van der Waals surface area contributed by atoms with Gasteiger partial charge in [-0.3, -0.25) is 0 Å². The van der Waals surface area contributed by atoms with Crippen molar-refractivity contribution in [1.29, 1.82) is 0 Å². The van der Waals surface area contributed by atoms with E-state index in [0.717, 1.165) is 0 Å². The molecular formula is C10H8N2O3S. The highest BCUT2D eigenvalue weighted by atomic mass is 32.1. The van der Waals surface area contributed by atoms with Crippen molar-refractivity contribution in [2.45, 2.75) is 0 Å². The molecule has 82 valence electrons. The molecule has 16 heavy (non-hydrogen) atoms. The molecule has 0 fully saturated rings. The number of ether oxygens (including phenoxy) is 2. The molecule has 6 heteroatoms. The van der Waals surface area contributed by atoms with Crippen molar-refractivity contribution in [2.24, 2.45) is 0 Å². The van der Waals surface area contributed by atoms with Gasteiger partial charge in [-0.15, -0.1) is 0 Å². The van der Waals surface area contributed by atoms with E-state index in [2.05, 4.69) is 14.7 Å². The van der Waals surface area contributed by atoms with E-state index in [4.69, 9.17) is 4.74 Å². The van der Waals surface area contributed by atoms with Gasteiger partial charge < -0.3 is 9.47 Å². The van der Waals surface area contributed by atoms with Crippen molar-refractivity contribution in [3.63, 3.8) is 0 Å². The minimum absolute atomic E-state index is 0.244. The molecule has 0 aliphatic heterocycles. The molecule has 2 rings (SSSR count). The third kappa shape index (κ3) is 2.34. The van der Waals surface area contributed by atoms with E-state index in [-0.39, 0.29) is 5.69 Å². The second kappa shape index (κ2) is 4.71. The number of aromatic nitrogens is 2. The van der Waals surface area contributed by atoms with E-state index in [0.29, 0.717) is 10.9 Å². The number of hydrogen-bond donors (Lipinski definition) is 0. The lowest BCUT2D eigenvalue weighted by Gasteiger charge is -2.01. The molecule has 0 aliphatic carbocycles. The Labute approximate surface area is 95.7 Å². The highest BCUT2D eigenvalue weighted by molar-refractivity contribution is 7.11. The zero-order chi connectivity index (χ0) is 11.4. The Morgan fingerprint density at radius 3 is 2.81 bits per heavy atom. The van der Waals surface area contributed by atoms with Gasteiger partial charge in [0.15, 0.2) is 0 Å². The van der Waals surface area contributed by atoms with Gasteiger partial charge in [-0.1, -0.05) is 11.3 Å². The first-order chi connectivity index (χ1) is 7.79. The Kier molecular flexibility index (Phi) is 3.11. The summed E-state index contributed by atoms with van der Waals surface area (Å²) in [4.78, 5) is 19.0. The maximum atomic E-state index is 11.1. The molecule has 0 spiro atoms. The lowest BCUT2D eigenvalue weighted by molar-refractivity contribution is 0.0594. The fourth-order valence-corrected chi connectivity index (χ4v) is 1.53. The fourth-order valence-electron chi connectivity index (χ4n) is 1.03. The Bertz CT molecular complexity index is 467. The van der Waals surface area contributed by atoms with Crippen molar-refractivity contribution in [3.05, 3.63) is 35.6 Å². The molecule has 0 aliphatic rings. The second-order valence-corrected chi connectivity index (χ2v) is 3.63. The van der Waals surface area contributed by atoms with Crippen molar-refractivity contribution in [3.8, 4) is 10.9 Å². The summed E-state index contributed by atoms with van der Waals surface area (Å²) >= 11 is 1.38. The Morgan fingerprint density at radius 1 is 1.38 bits per heavy atom. The summed E-state index contributed by atoms with van der Waals surface area (Å²) in [7, 11) is 1.31. The lowest BCUT2D eigenvalue weighted by atomic mass is 10.3. The van der Waals surface area contributed by atoms with Gasteiger partial charge in [0.2, 0.25) is 0 Å². The first kappa shape index (κ1) is 10.6. The zero-order valence-electron chi connectivity index (χ0n) is 8.41. The van der Waals surface area contributed by atoms with Crippen molar-refractivity contribution in [2.75, 3.05) is 7.11 Å². The van der Waals surface area contributed by atoms with Gasteiger partial charge in [0.25, 0.3) is 5.19 Å². The van der Waals surface area contributed by atoms with Crippen LogP contribution in [0.25, 0.3) is 0 Å². The summed E-state index contributed by atoms with van der Waals surface area (Å²) in [6.45, 7) is 0. The number of esters is 1. The van der Waals surface area contributed by atoms with Gasteiger partial charge in [0.1, 0.15) is 11.4 Å². The molecule has 0 amide bonds. The van der Waals surface area contributed by atoms with Crippen LogP contribution in [0.3, 0.4) is 0 Å². The van der Waals surface area contributed by atoms with Crippen molar-refractivity contribution in [1.82, 2.24) is 9.97 Å². The Morgan fingerprint density at radius 2 is 2.25 bits per heavy atom. The van der Waals surface area contributed by atoms with Crippen LogP contribution in [0.5, 0.6) is 10.9 Å². The molecule has 0 radical (unpaired) electrons. The third-order valence-electron chi connectivity index (χ3n) is 1.75. The molecule has 0 N–H and O–H groups in total. The fraction of sp³-hybridized carbons (Fsp3) is 0.100. The Hall–Kier alpha value is -1.95. The molecule has 2 heterocycles. The molecule has 0 aromatic carbocycles. The number of carbonyl (C=O) groups is 1. The van der Waals surface area contributed by atoms with E-state index in [9.17, 15) is 4.79 Å². The van der Waals surface area contributed by atoms with E-state index >= 15 is 0 Å². The minimum Gasteiger partial charge on any atom is -0.464 e. The largest absolute Gasteiger partial charge is 0.464 e. The highest BCUT2D eigenvalue weighted by Crippen LogP contribution is 2.22. The maximum Gasteiger partial charge on any atom is 0.356 e. The number of nitrogens with zero attached hydrogens (tertiary/aromatic N) is 2. The third-order valence-corrected chi connectivity index (χ3v) is 2.39. The number of hydrogen-bond acceptors (Lipinski definition) is 6. The van der Waals surface area contributed by atoms with E-state index < -0.39 is 5.97 Å². The van der Waals surface area contributed by atoms with Crippen LogP contribution in [-0.4, -0.2) is 23.0 Å². The molecular weight excluding hydrogens is 228 g/mol. The standard InChI is InChI=1S/C10H8N2O3S/c1-14-9(13)8-3-2-7(6-12-8)15-10-11-4-5-16-10/h2-6H,1H3. The highest BCUT2D eigenvalue weighted by Gasteiger charge is 2.07. The summed E-state index contributed by atoms with van der Waals surface area (Å²) < 4.78 is 9.91. The molecule has 0 atom stereocenters. The molecule has 5 nitrogen and oxygen atoms in total. The second-order valence-electron chi connectivity index (χ2n) is 2.77. The SMILES string of the molecule is COC(=O)c1ccc(Oc2nccs2)cn1. The predicted molar refractivity (Wildman–Crippen MR) is 57.8 cm³/mol. The van der Waals surface area contributed by atoms with Crippen LogP contribution in [0.1, 0.15) is 10.5 Å². The zero-order valence-corrected chi connectivity index (χ0v) is 9.23. The molecule has 0 saturated heterocycles. The number of thiazole rings is 1. The van der Waals surface area contributed by atoms with Crippen LogP contribution in [-0.2, 0) is 4.74 Å². The van der Waals surface area contributed by atoms with E-state index in [1.165, 1.54) is 30.7 Å². The molecule has 0 bridgehead atoms. The van der Waals surface area contributed by atoms with Gasteiger partial charge in [-0.2, -0.15) is 0 Å². The number of carbonyl (C=O) groups excluding carboxylic acids is 1. The monoisotopic (exact) mass is 236 g/mol. The minimum atomic E-state index is -0.471. The summed E-state index contributed by atoms with van der Waals surface area (Å²) in [5.74, 6) is 0.0587. The van der Waals surface area contributed by atoms with Crippen LogP contribution < -0.4 is 4.74 Å². The van der Waals surface area contributed by atoms with Gasteiger partial charge >= 0.3 is 5.97 Å². The molecule has 0 saturated carbocycles. The van der Waals surface area contributed by atoms with Gasteiger partial charge in [0, 0.05) is 11.6 Å². The maximum absolute atomic E-state index is 11.1.